The van der Waals surface area contributed by atoms with E-state index in [-0.39, 0.29) is 5.82 Å². The average molecular weight is 377 g/mol. The first-order valence-corrected chi connectivity index (χ1v) is 9.40. The number of aryl methyl sites for hydroxylation is 1. The third kappa shape index (κ3) is 4.23. The number of aromatic nitrogens is 3. The third-order valence-electron chi connectivity index (χ3n) is 3.90. The van der Waals surface area contributed by atoms with Gasteiger partial charge in [-0.05, 0) is 37.3 Å². The fourth-order valence-corrected chi connectivity index (χ4v) is 3.38. The van der Waals surface area contributed by atoms with E-state index in [0.717, 1.165) is 28.2 Å². The van der Waals surface area contributed by atoms with Crippen molar-refractivity contribution >= 4 is 11.8 Å². The van der Waals surface area contributed by atoms with Crippen molar-refractivity contribution in [1.82, 2.24) is 15.0 Å². The van der Waals surface area contributed by atoms with E-state index in [4.69, 9.17) is 4.42 Å². The van der Waals surface area contributed by atoms with Crippen molar-refractivity contribution in [3.63, 3.8) is 0 Å². The second kappa shape index (κ2) is 7.72. The van der Waals surface area contributed by atoms with Crippen molar-refractivity contribution in [2.24, 2.45) is 0 Å². The molecule has 0 aliphatic heterocycles. The Morgan fingerprint density at radius 1 is 0.926 bits per heavy atom. The molecule has 4 rings (SSSR count). The summed E-state index contributed by atoms with van der Waals surface area (Å²) in [6.07, 6.45) is 1.61. The lowest BCUT2D eigenvalue weighted by Crippen LogP contribution is -1.94. The predicted molar refractivity (Wildman–Crippen MR) is 104 cm³/mol. The van der Waals surface area contributed by atoms with E-state index in [2.05, 4.69) is 15.0 Å². The van der Waals surface area contributed by atoms with Crippen molar-refractivity contribution in [2.45, 2.75) is 17.8 Å². The molecule has 27 heavy (non-hydrogen) atoms. The molecule has 0 aliphatic rings. The van der Waals surface area contributed by atoms with E-state index in [1.165, 1.54) is 23.9 Å². The standard InChI is InChI=1S/C21H16FN3OS/c1-14-11-19(15-5-3-2-4-6-15)25-21(23-14)27-13-18-12-26-20(24-18)16-7-9-17(22)10-8-16/h2-12H,13H2,1H3. The molecule has 2 heterocycles. The van der Waals surface area contributed by atoms with Crippen LogP contribution < -0.4 is 0 Å². The first-order valence-electron chi connectivity index (χ1n) is 8.41. The third-order valence-corrected chi connectivity index (χ3v) is 4.78. The minimum absolute atomic E-state index is 0.285. The van der Waals surface area contributed by atoms with Gasteiger partial charge in [-0.25, -0.2) is 19.3 Å². The van der Waals surface area contributed by atoms with E-state index in [9.17, 15) is 4.39 Å². The summed E-state index contributed by atoms with van der Waals surface area (Å²) >= 11 is 1.50. The van der Waals surface area contributed by atoms with Gasteiger partial charge in [-0.15, -0.1) is 0 Å². The van der Waals surface area contributed by atoms with Crippen molar-refractivity contribution < 1.29 is 8.81 Å². The Kier molecular flexibility index (Phi) is 4.98. The molecule has 0 radical (unpaired) electrons. The van der Waals surface area contributed by atoms with Gasteiger partial charge in [0.2, 0.25) is 5.89 Å². The Balaban J connectivity index is 1.49. The molecule has 2 aromatic heterocycles. The topological polar surface area (TPSA) is 51.8 Å². The summed E-state index contributed by atoms with van der Waals surface area (Å²) in [6.45, 7) is 1.96. The summed E-state index contributed by atoms with van der Waals surface area (Å²) in [4.78, 5) is 13.6. The number of halogens is 1. The molecule has 2 aromatic carbocycles. The molecule has 6 heteroatoms. The molecular weight excluding hydrogens is 361 g/mol. The van der Waals surface area contributed by atoms with Crippen LogP contribution in [-0.4, -0.2) is 15.0 Å². The fourth-order valence-electron chi connectivity index (χ4n) is 2.60. The van der Waals surface area contributed by atoms with Crippen LogP contribution in [0.25, 0.3) is 22.7 Å². The summed E-state index contributed by atoms with van der Waals surface area (Å²) < 4.78 is 18.5. The van der Waals surface area contributed by atoms with E-state index in [0.29, 0.717) is 16.8 Å². The van der Waals surface area contributed by atoms with Crippen LogP contribution in [0.15, 0.2) is 76.5 Å². The number of nitrogens with zero attached hydrogens (tertiary/aromatic N) is 3. The summed E-state index contributed by atoms with van der Waals surface area (Å²) in [7, 11) is 0. The Morgan fingerprint density at radius 2 is 1.70 bits per heavy atom. The molecule has 0 bridgehead atoms. The largest absolute Gasteiger partial charge is 0.444 e. The lowest BCUT2D eigenvalue weighted by atomic mass is 10.1. The molecule has 0 atom stereocenters. The molecule has 0 N–H and O–H groups in total. The number of thioether (sulfide) groups is 1. The van der Waals surface area contributed by atoms with Gasteiger partial charge < -0.3 is 4.42 Å². The lowest BCUT2D eigenvalue weighted by Gasteiger charge is -2.05. The fraction of sp³-hybridized carbons (Fsp3) is 0.0952. The normalized spacial score (nSPS) is 10.9. The Morgan fingerprint density at radius 3 is 2.48 bits per heavy atom. The molecule has 0 saturated carbocycles. The number of benzene rings is 2. The Bertz CT molecular complexity index is 1050. The highest BCUT2D eigenvalue weighted by Crippen LogP contribution is 2.25. The van der Waals surface area contributed by atoms with Gasteiger partial charge in [-0.2, -0.15) is 0 Å². The molecule has 0 saturated heterocycles. The van der Waals surface area contributed by atoms with Crippen molar-refractivity contribution in [3.05, 3.63) is 84.1 Å². The highest BCUT2D eigenvalue weighted by Gasteiger charge is 2.10. The van der Waals surface area contributed by atoms with Gasteiger partial charge in [-0.3, -0.25) is 0 Å². The molecular formula is C21H16FN3OS. The Hall–Kier alpha value is -2.99. The maximum Gasteiger partial charge on any atom is 0.226 e. The first-order chi connectivity index (χ1) is 13.2. The van der Waals surface area contributed by atoms with Crippen LogP contribution in [0.5, 0.6) is 0 Å². The predicted octanol–water partition coefficient (Wildman–Crippen LogP) is 5.54. The molecule has 0 fully saturated rings. The molecule has 134 valence electrons. The minimum atomic E-state index is -0.285. The van der Waals surface area contributed by atoms with E-state index in [1.54, 1.807) is 18.4 Å². The summed E-state index contributed by atoms with van der Waals surface area (Å²) in [5, 5.41) is 0.695. The van der Waals surface area contributed by atoms with Crippen molar-refractivity contribution in [1.29, 1.82) is 0 Å². The van der Waals surface area contributed by atoms with Crippen molar-refractivity contribution in [3.8, 4) is 22.7 Å². The second-order valence-corrected chi connectivity index (χ2v) is 6.93. The summed E-state index contributed by atoms with van der Waals surface area (Å²) in [6, 6.07) is 18.1. The zero-order valence-corrected chi connectivity index (χ0v) is 15.4. The number of hydrogen-bond donors (Lipinski definition) is 0. The number of hydrogen-bond acceptors (Lipinski definition) is 5. The Labute approximate surface area is 160 Å². The maximum absolute atomic E-state index is 13.0. The van der Waals surface area contributed by atoms with Gasteiger partial charge in [0.05, 0.1) is 11.4 Å². The zero-order valence-electron chi connectivity index (χ0n) is 14.6. The first kappa shape index (κ1) is 17.4. The molecule has 0 amide bonds. The van der Waals surface area contributed by atoms with Gasteiger partial charge in [-0.1, -0.05) is 42.1 Å². The number of oxazole rings is 1. The van der Waals surface area contributed by atoms with Crippen LogP contribution in [0.1, 0.15) is 11.4 Å². The highest BCUT2D eigenvalue weighted by molar-refractivity contribution is 7.98. The molecule has 0 aliphatic carbocycles. The van der Waals surface area contributed by atoms with Crippen LogP contribution in [0.4, 0.5) is 4.39 Å². The van der Waals surface area contributed by atoms with E-state index >= 15 is 0 Å². The van der Waals surface area contributed by atoms with E-state index < -0.39 is 0 Å². The number of rotatable bonds is 5. The molecule has 0 spiro atoms. The van der Waals surface area contributed by atoms with Crippen LogP contribution >= 0.6 is 11.8 Å². The maximum atomic E-state index is 13.0. The van der Waals surface area contributed by atoms with Crippen LogP contribution in [-0.2, 0) is 5.75 Å². The molecule has 4 aromatic rings. The molecule has 4 nitrogen and oxygen atoms in total. The molecule has 0 unspecified atom stereocenters. The SMILES string of the molecule is Cc1cc(-c2ccccc2)nc(SCc2coc(-c3ccc(F)cc3)n2)n1. The van der Waals surface area contributed by atoms with Crippen LogP contribution in [0, 0.1) is 12.7 Å². The highest BCUT2D eigenvalue weighted by atomic mass is 32.2. The van der Waals surface area contributed by atoms with Crippen LogP contribution in [0.2, 0.25) is 0 Å². The monoisotopic (exact) mass is 377 g/mol. The van der Waals surface area contributed by atoms with Crippen LogP contribution in [0.3, 0.4) is 0 Å². The second-order valence-electron chi connectivity index (χ2n) is 5.98. The quantitative estimate of drug-likeness (QED) is 0.338. The zero-order chi connectivity index (χ0) is 18.6. The minimum Gasteiger partial charge on any atom is -0.444 e. The van der Waals surface area contributed by atoms with Gasteiger partial charge in [0.1, 0.15) is 12.1 Å². The van der Waals surface area contributed by atoms with Gasteiger partial charge in [0, 0.05) is 22.6 Å². The van der Waals surface area contributed by atoms with Crippen molar-refractivity contribution in [2.75, 3.05) is 0 Å². The van der Waals surface area contributed by atoms with Gasteiger partial charge in [0.25, 0.3) is 0 Å². The average Bonchev–Trinajstić information content (AvgIpc) is 3.16. The van der Waals surface area contributed by atoms with Gasteiger partial charge >= 0.3 is 0 Å². The lowest BCUT2D eigenvalue weighted by molar-refractivity contribution is 0.573. The van der Waals surface area contributed by atoms with Gasteiger partial charge in [0.15, 0.2) is 5.16 Å². The summed E-state index contributed by atoms with van der Waals surface area (Å²) in [5.41, 5.74) is 4.40. The summed E-state index contributed by atoms with van der Waals surface area (Å²) in [5.74, 6) is 0.773. The smallest absolute Gasteiger partial charge is 0.226 e. The van der Waals surface area contributed by atoms with E-state index in [1.807, 2.05) is 43.3 Å².